The summed E-state index contributed by atoms with van der Waals surface area (Å²) in [5.74, 6) is -0.0805. The molecule has 2 aromatic rings. The van der Waals surface area contributed by atoms with Crippen molar-refractivity contribution in [3.05, 3.63) is 23.8 Å². The van der Waals surface area contributed by atoms with Gasteiger partial charge in [-0.15, -0.1) is 0 Å². The molecule has 0 unspecified atom stereocenters. The van der Waals surface area contributed by atoms with Crippen LogP contribution in [-0.4, -0.2) is 40.3 Å². The summed E-state index contributed by atoms with van der Waals surface area (Å²) in [6, 6.07) is 3.78. The minimum atomic E-state index is -4.39. The van der Waals surface area contributed by atoms with Crippen LogP contribution in [0.2, 0.25) is 0 Å². The molecule has 29 heavy (non-hydrogen) atoms. The van der Waals surface area contributed by atoms with E-state index in [4.69, 9.17) is 9.47 Å². The maximum absolute atomic E-state index is 12.9. The Morgan fingerprint density at radius 3 is 2.55 bits per heavy atom. The second-order valence-electron chi connectivity index (χ2n) is 7.61. The molecule has 0 bridgehead atoms. The van der Waals surface area contributed by atoms with Gasteiger partial charge in [0.1, 0.15) is 6.10 Å². The molecule has 1 aliphatic carbocycles. The fraction of sp³-hybridized carbons (Fsp3) is 0.600. The third kappa shape index (κ3) is 5.41. The molecule has 0 saturated heterocycles. The van der Waals surface area contributed by atoms with Gasteiger partial charge in [-0.05, 0) is 50.8 Å². The first-order valence-electron chi connectivity index (χ1n) is 9.72. The number of aromatic nitrogens is 2. The van der Waals surface area contributed by atoms with Gasteiger partial charge in [-0.2, -0.15) is 18.2 Å². The van der Waals surface area contributed by atoms with Gasteiger partial charge >= 0.3 is 6.18 Å². The molecule has 1 aromatic carbocycles. The van der Waals surface area contributed by atoms with Crippen LogP contribution in [0.15, 0.2) is 18.2 Å². The molecule has 3 rings (SSSR count). The van der Waals surface area contributed by atoms with Crippen molar-refractivity contribution in [1.82, 2.24) is 14.9 Å². The number of hydrogen-bond donors (Lipinski definition) is 1. The predicted octanol–water partition coefficient (Wildman–Crippen LogP) is 3.82. The number of rotatable bonds is 6. The van der Waals surface area contributed by atoms with E-state index in [2.05, 4.69) is 10.3 Å². The molecule has 1 atom stereocenters. The van der Waals surface area contributed by atoms with Crippen LogP contribution in [0.3, 0.4) is 0 Å². The number of amides is 1. The number of ether oxygens (including phenoxy) is 2. The molecule has 1 amide bonds. The van der Waals surface area contributed by atoms with Crippen LogP contribution in [-0.2, 0) is 22.8 Å². The molecule has 6 nitrogen and oxygen atoms in total. The number of benzene rings is 1. The Kier molecular flexibility index (Phi) is 6.36. The first-order valence-corrected chi connectivity index (χ1v) is 9.72. The summed E-state index contributed by atoms with van der Waals surface area (Å²) in [4.78, 5) is 15.4. The maximum Gasteiger partial charge on any atom is 0.416 e. The maximum atomic E-state index is 12.9. The highest BCUT2D eigenvalue weighted by Gasteiger charge is 2.31. The Labute approximate surface area is 167 Å². The summed E-state index contributed by atoms with van der Waals surface area (Å²) in [6.45, 7) is 3.83. The lowest BCUT2D eigenvalue weighted by atomic mass is 9.95. The highest BCUT2D eigenvalue weighted by atomic mass is 19.4. The van der Waals surface area contributed by atoms with Crippen molar-refractivity contribution in [1.29, 1.82) is 0 Å². The normalized spacial score (nSPS) is 21.2. The fourth-order valence-electron chi connectivity index (χ4n) is 3.58. The summed E-state index contributed by atoms with van der Waals surface area (Å²) in [5.41, 5.74) is 0.156. The van der Waals surface area contributed by atoms with Gasteiger partial charge in [0, 0.05) is 20.0 Å². The highest BCUT2D eigenvalue weighted by molar-refractivity contribution is 5.77. The van der Waals surface area contributed by atoms with Crippen molar-refractivity contribution in [2.75, 3.05) is 6.61 Å². The van der Waals surface area contributed by atoms with Crippen LogP contribution in [0.1, 0.15) is 45.1 Å². The molecule has 9 heteroatoms. The van der Waals surface area contributed by atoms with E-state index in [9.17, 15) is 18.0 Å². The van der Waals surface area contributed by atoms with Crippen molar-refractivity contribution >= 4 is 16.9 Å². The number of carbonyl (C=O) groups is 1. The van der Waals surface area contributed by atoms with Gasteiger partial charge in [-0.25, -0.2) is 0 Å². The van der Waals surface area contributed by atoms with Gasteiger partial charge in [-0.1, -0.05) is 0 Å². The van der Waals surface area contributed by atoms with E-state index >= 15 is 0 Å². The van der Waals surface area contributed by atoms with E-state index in [0.29, 0.717) is 23.7 Å². The molecule has 1 aliphatic rings. The Morgan fingerprint density at radius 1 is 1.28 bits per heavy atom. The van der Waals surface area contributed by atoms with Crippen molar-refractivity contribution in [2.24, 2.45) is 7.05 Å². The monoisotopic (exact) mass is 413 g/mol. The number of alkyl halides is 3. The lowest BCUT2D eigenvalue weighted by Gasteiger charge is -2.29. The average Bonchev–Trinajstić information content (AvgIpc) is 2.95. The standard InChI is InChI=1S/C20H26F3N3O3/c1-12(24-13(2)27)11-28-15-5-7-16(8-6-15)29-19-25-17-9-4-14(20(21,22)23)10-18(17)26(19)3/h4,9-10,12,15-16H,5-8,11H2,1-3H3,(H,24,27)/t12-,15?,16?/m0/s1. The van der Waals surface area contributed by atoms with E-state index in [0.717, 1.165) is 37.8 Å². The van der Waals surface area contributed by atoms with E-state index in [1.165, 1.54) is 13.0 Å². The Balaban J connectivity index is 1.56. The molecule has 1 saturated carbocycles. The van der Waals surface area contributed by atoms with Crippen LogP contribution in [0.25, 0.3) is 11.0 Å². The second kappa shape index (κ2) is 8.61. The van der Waals surface area contributed by atoms with Gasteiger partial charge in [0.25, 0.3) is 6.01 Å². The van der Waals surface area contributed by atoms with E-state index in [1.807, 2.05) is 6.92 Å². The molecule has 1 heterocycles. The Hall–Kier alpha value is -2.29. The lowest BCUT2D eigenvalue weighted by Crippen LogP contribution is -2.37. The number of fused-ring (bicyclic) bond motifs is 1. The number of hydrogen-bond acceptors (Lipinski definition) is 4. The highest BCUT2D eigenvalue weighted by Crippen LogP contribution is 2.33. The molecular formula is C20H26F3N3O3. The quantitative estimate of drug-likeness (QED) is 0.782. The van der Waals surface area contributed by atoms with Gasteiger partial charge in [0.05, 0.1) is 29.3 Å². The summed E-state index contributed by atoms with van der Waals surface area (Å²) < 4.78 is 52.2. The van der Waals surface area contributed by atoms with Crippen LogP contribution in [0.4, 0.5) is 13.2 Å². The van der Waals surface area contributed by atoms with Crippen LogP contribution in [0, 0.1) is 0 Å². The van der Waals surface area contributed by atoms with Crippen molar-refractivity contribution < 1.29 is 27.4 Å². The van der Waals surface area contributed by atoms with Crippen LogP contribution < -0.4 is 10.1 Å². The number of nitrogens with one attached hydrogen (secondary N) is 1. The average molecular weight is 413 g/mol. The van der Waals surface area contributed by atoms with Crippen LogP contribution >= 0.6 is 0 Å². The minimum Gasteiger partial charge on any atom is -0.461 e. The summed E-state index contributed by atoms with van der Waals surface area (Å²) >= 11 is 0. The molecule has 1 N–H and O–H groups in total. The molecule has 1 aromatic heterocycles. The molecule has 1 fully saturated rings. The topological polar surface area (TPSA) is 65.4 Å². The van der Waals surface area contributed by atoms with Crippen molar-refractivity contribution in [3.63, 3.8) is 0 Å². The SMILES string of the molecule is CC(=O)N[C@@H](C)COC1CCC(Oc2nc3ccc(C(F)(F)F)cc3n2C)CC1. The zero-order valence-electron chi connectivity index (χ0n) is 16.8. The fourth-order valence-corrected chi connectivity index (χ4v) is 3.58. The number of nitrogens with zero attached hydrogens (tertiary/aromatic N) is 2. The lowest BCUT2D eigenvalue weighted by molar-refractivity contribution is -0.137. The van der Waals surface area contributed by atoms with E-state index < -0.39 is 11.7 Å². The summed E-state index contributed by atoms with van der Waals surface area (Å²) in [7, 11) is 1.66. The number of halogens is 3. The molecule has 0 spiro atoms. The number of carbonyl (C=O) groups excluding carboxylic acids is 1. The molecule has 0 radical (unpaired) electrons. The molecular weight excluding hydrogens is 387 g/mol. The second-order valence-corrected chi connectivity index (χ2v) is 7.61. The Morgan fingerprint density at radius 2 is 1.93 bits per heavy atom. The minimum absolute atomic E-state index is 0.0388. The van der Waals surface area contributed by atoms with Crippen molar-refractivity contribution in [2.45, 2.75) is 64.0 Å². The molecule has 160 valence electrons. The smallest absolute Gasteiger partial charge is 0.416 e. The molecule has 0 aliphatic heterocycles. The first kappa shape index (κ1) is 21.4. The largest absolute Gasteiger partial charge is 0.461 e. The zero-order chi connectivity index (χ0) is 21.2. The van der Waals surface area contributed by atoms with E-state index in [-0.39, 0.29) is 24.2 Å². The van der Waals surface area contributed by atoms with Crippen LogP contribution in [0.5, 0.6) is 6.01 Å². The first-order chi connectivity index (χ1) is 13.6. The summed E-state index contributed by atoms with van der Waals surface area (Å²) in [6.07, 6.45) is -1.15. The number of imidazole rings is 1. The van der Waals surface area contributed by atoms with Gasteiger partial charge in [0.2, 0.25) is 5.91 Å². The van der Waals surface area contributed by atoms with Gasteiger partial charge < -0.3 is 14.8 Å². The summed E-state index contributed by atoms with van der Waals surface area (Å²) in [5, 5.41) is 2.79. The van der Waals surface area contributed by atoms with Gasteiger partial charge in [-0.3, -0.25) is 9.36 Å². The predicted molar refractivity (Wildman–Crippen MR) is 102 cm³/mol. The third-order valence-corrected chi connectivity index (χ3v) is 5.09. The Bertz CT molecular complexity index is 858. The number of aryl methyl sites for hydroxylation is 1. The van der Waals surface area contributed by atoms with Crippen molar-refractivity contribution in [3.8, 4) is 6.01 Å². The third-order valence-electron chi connectivity index (χ3n) is 5.09. The van der Waals surface area contributed by atoms with Gasteiger partial charge in [0.15, 0.2) is 0 Å². The zero-order valence-corrected chi connectivity index (χ0v) is 16.8. The van der Waals surface area contributed by atoms with E-state index in [1.54, 1.807) is 11.6 Å².